The Labute approximate surface area is 287 Å². The maximum atomic E-state index is 4.37. The molecule has 8 aromatic rings. The van der Waals surface area contributed by atoms with Crippen LogP contribution in [0.2, 0.25) is 0 Å². The van der Waals surface area contributed by atoms with Crippen molar-refractivity contribution in [2.45, 2.75) is 6.92 Å². The van der Waals surface area contributed by atoms with Gasteiger partial charge in [0.15, 0.2) is 0 Å². The topological polar surface area (TPSA) is 16.1 Å². The van der Waals surface area contributed by atoms with Crippen LogP contribution in [-0.4, -0.2) is 11.8 Å². The largest absolute Gasteiger partial charge is 0.376 e. The van der Waals surface area contributed by atoms with E-state index in [1.165, 1.54) is 88.7 Å². The summed E-state index contributed by atoms with van der Waals surface area (Å²) in [5, 5.41) is 2.54. The van der Waals surface area contributed by atoms with Crippen molar-refractivity contribution in [1.29, 1.82) is 0 Å². The van der Waals surface area contributed by atoms with Crippen molar-refractivity contribution < 1.29 is 0 Å². The highest BCUT2D eigenvalue weighted by Gasteiger charge is 2.42. The minimum Gasteiger partial charge on any atom is -0.376 e. The van der Waals surface area contributed by atoms with Crippen LogP contribution in [0.25, 0.3) is 66.4 Å². The predicted octanol–water partition coefficient (Wildman–Crippen LogP) is 10.4. The predicted molar refractivity (Wildman–Crippen MR) is 207 cm³/mol. The maximum absolute atomic E-state index is 4.37. The Morgan fingerprint density at radius 1 is 0.429 bits per heavy atom. The van der Waals surface area contributed by atoms with Gasteiger partial charge in [0.05, 0.1) is 0 Å². The fourth-order valence-electron chi connectivity index (χ4n) is 8.14. The molecule has 0 unspecified atom stereocenters. The first-order chi connectivity index (χ1) is 24.2. The monoisotopic (exact) mass is 622 g/mol. The summed E-state index contributed by atoms with van der Waals surface area (Å²) in [6.07, 6.45) is 1.88. The van der Waals surface area contributed by atoms with Crippen molar-refractivity contribution in [3.8, 4) is 55.6 Å². The van der Waals surface area contributed by atoms with Gasteiger partial charge in [0, 0.05) is 34.4 Å². The summed E-state index contributed by atoms with van der Waals surface area (Å²) >= 11 is 0. The Hall–Kier alpha value is -6.19. The van der Waals surface area contributed by atoms with Gasteiger partial charge in [-0.05, 0) is 110 Å². The molecule has 0 fully saturated rings. The van der Waals surface area contributed by atoms with Gasteiger partial charge in [-0.3, -0.25) is 4.98 Å². The number of anilines is 2. The molecule has 0 aliphatic carbocycles. The molecular formula is C46H31BN2. The van der Waals surface area contributed by atoms with Crippen molar-refractivity contribution in [1.82, 2.24) is 4.98 Å². The molecule has 7 aromatic carbocycles. The quantitative estimate of drug-likeness (QED) is 0.182. The summed E-state index contributed by atoms with van der Waals surface area (Å²) < 4.78 is 0. The molecule has 49 heavy (non-hydrogen) atoms. The average Bonchev–Trinajstić information content (AvgIpc) is 3.17. The zero-order valence-corrected chi connectivity index (χ0v) is 27.1. The van der Waals surface area contributed by atoms with E-state index < -0.39 is 0 Å². The van der Waals surface area contributed by atoms with E-state index in [1.807, 2.05) is 13.1 Å². The van der Waals surface area contributed by atoms with Crippen LogP contribution in [0, 0.1) is 6.92 Å². The van der Waals surface area contributed by atoms with E-state index in [0.717, 1.165) is 5.69 Å². The number of hydrogen-bond donors (Lipinski definition) is 0. The molecule has 2 aliphatic heterocycles. The van der Waals surface area contributed by atoms with Gasteiger partial charge in [0.1, 0.15) is 0 Å². The SMILES string of the molecule is Cc1cc(-c2ccc(-c3ccc4c(c3)-c3ccccc3B3c5ccccc5-c5cc(-c6cccc7ccccc67)ccc5N34)cc2)ccn1. The summed E-state index contributed by atoms with van der Waals surface area (Å²) in [7, 11) is 0. The van der Waals surface area contributed by atoms with Gasteiger partial charge in [-0.1, -0.05) is 127 Å². The Morgan fingerprint density at radius 3 is 1.65 bits per heavy atom. The third-order valence-corrected chi connectivity index (χ3v) is 10.4. The summed E-state index contributed by atoms with van der Waals surface area (Å²) in [5.74, 6) is 0. The number of rotatable bonds is 3. The molecular weight excluding hydrogens is 591 g/mol. The van der Waals surface area contributed by atoms with E-state index in [0.29, 0.717) is 0 Å². The van der Waals surface area contributed by atoms with Gasteiger partial charge in [0.25, 0.3) is 0 Å². The first kappa shape index (κ1) is 27.9. The van der Waals surface area contributed by atoms with Crippen LogP contribution < -0.4 is 15.7 Å². The average molecular weight is 623 g/mol. The van der Waals surface area contributed by atoms with Gasteiger partial charge in [0.2, 0.25) is 0 Å². The number of pyridine rings is 1. The number of aromatic nitrogens is 1. The second-order valence-electron chi connectivity index (χ2n) is 13.2. The van der Waals surface area contributed by atoms with E-state index in [9.17, 15) is 0 Å². The van der Waals surface area contributed by atoms with Crippen molar-refractivity contribution in [3.05, 3.63) is 176 Å². The highest BCUT2D eigenvalue weighted by molar-refractivity contribution is 6.92. The molecule has 0 saturated heterocycles. The minimum absolute atomic E-state index is 0.0877. The highest BCUT2D eigenvalue weighted by Crippen LogP contribution is 2.48. The lowest BCUT2D eigenvalue weighted by Crippen LogP contribution is -2.59. The first-order valence-corrected chi connectivity index (χ1v) is 17.0. The van der Waals surface area contributed by atoms with Crippen molar-refractivity contribution in [2.75, 3.05) is 4.81 Å². The number of benzene rings is 7. The molecule has 0 bridgehead atoms. The Morgan fingerprint density at radius 2 is 0.959 bits per heavy atom. The second kappa shape index (κ2) is 10.9. The molecule has 3 heteroatoms. The molecule has 1 aromatic heterocycles. The van der Waals surface area contributed by atoms with E-state index >= 15 is 0 Å². The normalized spacial score (nSPS) is 12.5. The smallest absolute Gasteiger partial charge is 0.329 e. The molecule has 0 spiro atoms. The lowest BCUT2D eigenvalue weighted by atomic mass is 9.43. The molecule has 228 valence electrons. The van der Waals surface area contributed by atoms with Crippen LogP contribution in [0.4, 0.5) is 11.4 Å². The molecule has 0 atom stereocenters. The lowest BCUT2D eigenvalue weighted by Gasteiger charge is -2.43. The second-order valence-corrected chi connectivity index (χ2v) is 13.2. The Kier molecular flexibility index (Phi) is 6.22. The van der Waals surface area contributed by atoms with Crippen LogP contribution in [0.15, 0.2) is 170 Å². The van der Waals surface area contributed by atoms with E-state index in [2.05, 4.69) is 174 Å². The van der Waals surface area contributed by atoms with Crippen LogP contribution in [0.1, 0.15) is 5.69 Å². The van der Waals surface area contributed by atoms with Gasteiger partial charge < -0.3 is 4.81 Å². The summed E-state index contributed by atoms with van der Waals surface area (Å²) in [5.41, 5.74) is 18.7. The van der Waals surface area contributed by atoms with Gasteiger partial charge in [-0.15, -0.1) is 0 Å². The standard InChI is InChI=1S/C46H31BN2/c1-30-27-35(25-26-48-30)32-19-17-31(18-20-32)34-21-23-45-41(28-34)39-12-4-6-15-43(39)47-44-16-7-5-13-40(44)42-29-36(22-24-46(42)49(45)47)38-14-8-10-33-9-2-3-11-37(33)38/h2-29H,1H3. The molecule has 0 saturated carbocycles. The van der Waals surface area contributed by atoms with Crippen molar-refractivity contribution >= 4 is 39.9 Å². The van der Waals surface area contributed by atoms with Crippen LogP contribution in [0.3, 0.4) is 0 Å². The number of hydrogen-bond acceptors (Lipinski definition) is 2. The molecule has 0 radical (unpaired) electrons. The molecule has 2 aliphatic rings. The van der Waals surface area contributed by atoms with E-state index in [-0.39, 0.29) is 6.85 Å². The fraction of sp³-hybridized carbons (Fsp3) is 0.0217. The molecule has 3 heterocycles. The van der Waals surface area contributed by atoms with E-state index in [1.54, 1.807) is 0 Å². The first-order valence-electron chi connectivity index (χ1n) is 17.0. The van der Waals surface area contributed by atoms with Gasteiger partial charge >= 0.3 is 6.85 Å². The van der Waals surface area contributed by atoms with Gasteiger partial charge in [-0.25, -0.2) is 0 Å². The Balaban J connectivity index is 1.13. The maximum Gasteiger partial charge on any atom is 0.329 e. The van der Waals surface area contributed by atoms with Crippen molar-refractivity contribution in [2.24, 2.45) is 0 Å². The minimum atomic E-state index is 0.0877. The van der Waals surface area contributed by atoms with Crippen LogP contribution in [-0.2, 0) is 0 Å². The van der Waals surface area contributed by atoms with Crippen LogP contribution >= 0.6 is 0 Å². The lowest BCUT2D eigenvalue weighted by molar-refractivity contribution is 1.20. The Bertz CT molecular complexity index is 2580. The molecule has 0 amide bonds. The molecule has 10 rings (SSSR count). The van der Waals surface area contributed by atoms with Gasteiger partial charge in [-0.2, -0.15) is 0 Å². The molecule has 0 N–H and O–H groups in total. The third-order valence-electron chi connectivity index (χ3n) is 10.4. The summed E-state index contributed by atoms with van der Waals surface area (Å²) in [6.45, 7) is 2.13. The number of fused-ring (bicyclic) bond motifs is 12. The molecule has 2 nitrogen and oxygen atoms in total. The van der Waals surface area contributed by atoms with Crippen LogP contribution in [0.5, 0.6) is 0 Å². The fourth-order valence-corrected chi connectivity index (χ4v) is 8.14. The third kappa shape index (κ3) is 4.39. The van der Waals surface area contributed by atoms with E-state index in [4.69, 9.17) is 0 Å². The summed E-state index contributed by atoms with van der Waals surface area (Å²) in [4.78, 5) is 6.95. The zero-order valence-electron chi connectivity index (χ0n) is 27.1. The van der Waals surface area contributed by atoms with Crippen molar-refractivity contribution in [3.63, 3.8) is 0 Å². The number of nitrogens with zero attached hydrogens (tertiary/aromatic N) is 2. The highest BCUT2D eigenvalue weighted by atomic mass is 15.1. The zero-order chi connectivity index (χ0) is 32.5. The number of aryl methyl sites for hydroxylation is 1. The summed E-state index contributed by atoms with van der Waals surface area (Å²) in [6, 6.07) is 60.5.